The zero-order chi connectivity index (χ0) is 16.6. The Morgan fingerprint density at radius 3 is 2.57 bits per heavy atom. The highest BCUT2D eigenvalue weighted by Gasteiger charge is 2.33. The summed E-state index contributed by atoms with van der Waals surface area (Å²) >= 11 is 0. The first-order chi connectivity index (χ1) is 10.9. The monoisotopic (exact) mass is 336 g/mol. The van der Waals surface area contributed by atoms with Crippen molar-refractivity contribution in [2.75, 3.05) is 23.9 Å². The van der Waals surface area contributed by atoms with Gasteiger partial charge in [0.15, 0.2) is 9.84 Å². The first-order valence-electron chi connectivity index (χ1n) is 7.74. The van der Waals surface area contributed by atoms with E-state index in [1.165, 1.54) is 4.90 Å². The highest BCUT2D eigenvalue weighted by Crippen LogP contribution is 2.30. The lowest BCUT2D eigenvalue weighted by Gasteiger charge is -2.23. The summed E-state index contributed by atoms with van der Waals surface area (Å²) in [7, 11) is -1.41. The standard InChI is InChI=1S/C16H20N2O4S/c1-18(14-7-8-23(21,22)10-14)16(20)12-3-2-4-13(9-12)17-15(19)11-5-6-11/h2-4,9,11,14H,5-8,10H2,1H3,(H,17,19). The molecule has 2 amide bonds. The second-order valence-electron chi connectivity index (χ2n) is 6.32. The first kappa shape index (κ1) is 16.0. The number of amides is 2. The summed E-state index contributed by atoms with van der Waals surface area (Å²) in [5.74, 6) is 0.0142. The molecule has 6 nitrogen and oxygen atoms in total. The van der Waals surface area contributed by atoms with E-state index in [4.69, 9.17) is 0 Å². The van der Waals surface area contributed by atoms with Crippen molar-refractivity contribution in [1.29, 1.82) is 0 Å². The molecule has 0 bridgehead atoms. The normalized spacial score (nSPS) is 22.6. The molecule has 1 saturated carbocycles. The minimum atomic E-state index is -3.03. The van der Waals surface area contributed by atoms with Crippen molar-refractivity contribution in [3.8, 4) is 0 Å². The molecule has 1 atom stereocenters. The van der Waals surface area contributed by atoms with Gasteiger partial charge in [-0.2, -0.15) is 0 Å². The van der Waals surface area contributed by atoms with E-state index in [-0.39, 0.29) is 35.3 Å². The molecule has 23 heavy (non-hydrogen) atoms. The number of benzene rings is 1. The van der Waals surface area contributed by atoms with Crippen LogP contribution in [0.5, 0.6) is 0 Å². The van der Waals surface area contributed by atoms with Crippen LogP contribution in [0.15, 0.2) is 24.3 Å². The Morgan fingerprint density at radius 2 is 1.96 bits per heavy atom. The van der Waals surface area contributed by atoms with Crippen LogP contribution in [0, 0.1) is 5.92 Å². The molecule has 0 aromatic heterocycles. The van der Waals surface area contributed by atoms with Crippen molar-refractivity contribution in [3.05, 3.63) is 29.8 Å². The summed E-state index contributed by atoms with van der Waals surface area (Å²) in [6.07, 6.45) is 2.31. The molecule has 1 saturated heterocycles. The fraction of sp³-hybridized carbons (Fsp3) is 0.500. The van der Waals surface area contributed by atoms with E-state index in [1.807, 2.05) is 0 Å². The van der Waals surface area contributed by atoms with Gasteiger partial charge < -0.3 is 10.2 Å². The summed E-state index contributed by atoms with van der Waals surface area (Å²) < 4.78 is 23.1. The summed E-state index contributed by atoms with van der Waals surface area (Å²) in [5.41, 5.74) is 1.05. The molecule has 1 heterocycles. The number of rotatable bonds is 4. The van der Waals surface area contributed by atoms with Crippen LogP contribution < -0.4 is 5.32 Å². The third kappa shape index (κ3) is 3.72. The molecule has 3 rings (SSSR count). The predicted molar refractivity (Wildman–Crippen MR) is 86.9 cm³/mol. The van der Waals surface area contributed by atoms with Crippen LogP contribution in [0.4, 0.5) is 5.69 Å². The number of anilines is 1. The van der Waals surface area contributed by atoms with E-state index >= 15 is 0 Å². The fourth-order valence-electron chi connectivity index (χ4n) is 2.77. The average molecular weight is 336 g/mol. The highest BCUT2D eigenvalue weighted by molar-refractivity contribution is 7.91. The van der Waals surface area contributed by atoms with Gasteiger partial charge in [-0.15, -0.1) is 0 Å². The summed E-state index contributed by atoms with van der Waals surface area (Å²) in [4.78, 5) is 25.8. The van der Waals surface area contributed by atoms with Crippen molar-refractivity contribution in [2.24, 2.45) is 5.92 Å². The number of hydrogen-bond donors (Lipinski definition) is 1. The van der Waals surface area contributed by atoms with Gasteiger partial charge in [-0.1, -0.05) is 6.07 Å². The topological polar surface area (TPSA) is 83.6 Å². The Balaban J connectivity index is 1.70. The molecule has 124 valence electrons. The van der Waals surface area contributed by atoms with E-state index in [0.717, 1.165) is 12.8 Å². The Labute approximate surface area is 135 Å². The lowest BCUT2D eigenvalue weighted by Crippen LogP contribution is -2.37. The molecule has 1 N–H and O–H groups in total. The molecule has 1 aromatic rings. The smallest absolute Gasteiger partial charge is 0.253 e. The molecule has 1 aliphatic carbocycles. The number of nitrogens with zero attached hydrogens (tertiary/aromatic N) is 1. The second kappa shape index (κ2) is 5.96. The van der Waals surface area contributed by atoms with Gasteiger partial charge in [0.25, 0.3) is 5.91 Å². The van der Waals surface area contributed by atoms with E-state index < -0.39 is 9.84 Å². The minimum Gasteiger partial charge on any atom is -0.338 e. The molecule has 7 heteroatoms. The van der Waals surface area contributed by atoms with Gasteiger partial charge in [0, 0.05) is 30.3 Å². The first-order valence-corrected chi connectivity index (χ1v) is 9.56. The summed E-state index contributed by atoms with van der Waals surface area (Å²) in [6, 6.07) is 6.50. The molecule has 0 spiro atoms. The Hall–Kier alpha value is -1.89. The van der Waals surface area contributed by atoms with E-state index in [2.05, 4.69) is 5.32 Å². The molecular weight excluding hydrogens is 316 g/mol. The molecule has 2 fully saturated rings. The van der Waals surface area contributed by atoms with Crippen molar-refractivity contribution in [3.63, 3.8) is 0 Å². The number of carbonyl (C=O) groups is 2. The third-order valence-corrected chi connectivity index (χ3v) is 6.15. The lowest BCUT2D eigenvalue weighted by atomic mass is 10.1. The van der Waals surface area contributed by atoms with Gasteiger partial charge >= 0.3 is 0 Å². The van der Waals surface area contributed by atoms with Crippen molar-refractivity contribution in [2.45, 2.75) is 25.3 Å². The van der Waals surface area contributed by atoms with Crippen molar-refractivity contribution < 1.29 is 18.0 Å². The quantitative estimate of drug-likeness (QED) is 0.898. The van der Waals surface area contributed by atoms with Gasteiger partial charge in [0.2, 0.25) is 5.91 Å². The van der Waals surface area contributed by atoms with Crippen LogP contribution in [0.3, 0.4) is 0 Å². The molecule has 2 aliphatic rings. The number of carbonyl (C=O) groups excluding carboxylic acids is 2. The van der Waals surface area contributed by atoms with Gasteiger partial charge in [-0.25, -0.2) is 8.42 Å². The van der Waals surface area contributed by atoms with Crippen LogP contribution in [0.25, 0.3) is 0 Å². The molecule has 1 aromatic carbocycles. The van der Waals surface area contributed by atoms with Crippen LogP contribution in [0.1, 0.15) is 29.6 Å². The van der Waals surface area contributed by atoms with Crippen molar-refractivity contribution in [1.82, 2.24) is 4.90 Å². The number of nitrogens with one attached hydrogen (secondary N) is 1. The Morgan fingerprint density at radius 1 is 1.22 bits per heavy atom. The Kier molecular flexibility index (Phi) is 4.14. The largest absolute Gasteiger partial charge is 0.338 e. The summed E-state index contributed by atoms with van der Waals surface area (Å²) in [6.45, 7) is 0. The van der Waals surface area contributed by atoms with Crippen molar-refractivity contribution >= 4 is 27.3 Å². The molecule has 1 aliphatic heterocycles. The second-order valence-corrected chi connectivity index (χ2v) is 8.55. The van der Waals surface area contributed by atoms with E-state index in [0.29, 0.717) is 17.7 Å². The molecular formula is C16H20N2O4S. The van der Waals surface area contributed by atoms with Gasteiger partial charge in [-0.3, -0.25) is 9.59 Å². The summed E-state index contributed by atoms with van der Waals surface area (Å²) in [5, 5.41) is 2.82. The van der Waals surface area contributed by atoms with Gasteiger partial charge in [0.05, 0.1) is 11.5 Å². The molecule has 0 radical (unpaired) electrons. The maximum Gasteiger partial charge on any atom is 0.253 e. The maximum absolute atomic E-state index is 12.5. The minimum absolute atomic E-state index is 0.00941. The average Bonchev–Trinajstić information content (AvgIpc) is 3.30. The number of sulfone groups is 1. The van der Waals surface area contributed by atoms with Crippen LogP contribution in [-0.4, -0.2) is 49.7 Å². The fourth-order valence-corrected chi connectivity index (χ4v) is 4.54. The van der Waals surface area contributed by atoms with E-state index in [9.17, 15) is 18.0 Å². The van der Waals surface area contributed by atoms with Gasteiger partial charge in [-0.05, 0) is 37.5 Å². The third-order valence-electron chi connectivity index (χ3n) is 4.40. The maximum atomic E-state index is 12.5. The van der Waals surface area contributed by atoms with Crippen LogP contribution >= 0.6 is 0 Å². The predicted octanol–water partition coefficient (Wildman–Crippen LogP) is 1.29. The molecule has 1 unspecified atom stereocenters. The lowest BCUT2D eigenvalue weighted by molar-refractivity contribution is -0.117. The SMILES string of the molecule is CN(C(=O)c1cccc(NC(=O)C2CC2)c1)C1CCS(=O)(=O)C1. The highest BCUT2D eigenvalue weighted by atomic mass is 32.2. The zero-order valence-corrected chi connectivity index (χ0v) is 13.8. The van der Waals surface area contributed by atoms with Gasteiger partial charge in [0.1, 0.15) is 0 Å². The van der Waals surface area contributed by atoms with Crippen LogP contribution in [-0.2, 0) is 14.6 Å². The Bertz CT molecular complexity index is 740. The number of hydrogen-bond acceptors (Lipinski definition) is 4. The zero-order valence-electron chi connectivity index (χ0n) is 13.0. The van der Waals surface area contributed by atoms with E-state index in [1.54, 1.807) is 31.3 Å². The van der Waals surface area contributed by atoms with Crippen LogP contribution in [0.2, 0.25) is 0 Å².